The van der Waals surface area contributed by atoms with E-state index in [0.717, 1.165) is 32.0 Å². The summed E-state index contributed by atoms with van der Waals surface area (Å²) >= 11 is 0. The first kappa shape index (κ1) is 20.3. The van der Waals surface area contributed by atoms with E-state index in [0.29, 0.717) is 11.8 Å². The van der Waals surface area contributed by atoms with Crippen LogP contribution in [0.2, 0.25) is 0 Å². The van der Waals surface area contributed by atoms with Crippen LogP contribution in [-0.2, 0) is 16.0 Å². The summed E-state index contributed by atoms with van der Waals surface area (Å²) in [5, 5.41) is 0. The zero-order valence-corrected chi connectivity index (χ0v) is 18.7. The number of fused-ring (bicyclic) bond motifs is 2. The second-order valence-corrected chi connectivity index (χ2v) is 10.8. The van der Waals surface area contributed by atoms with Gasteiger partial charge in [0.15, 0.2) is 0 Å². The summed E-state index contributed by atoms with van der Waals surface area (Å²) in [7, 11) is 0. The molecule has 2 aliphatic carbocycles. The molecule has 3 heteroatoms. The molecule has 5 rings (SSSR count). The molecule has 4 aliphatic rings. The molecule has 0 aromatic heterocycles. The van der Waals surface area contributed by atoms with E-state index in [9.17, 15) is 4.79 Å². The highest BCUT2D eigenvalue weighted by molar-refractivity contribution is 5.76. The van der Waals surface area contributed by atoms with Gasteiger partial charge in [-0.05, 0) is 74.4 Å². The lowest BCUT2D eigenvalue weighted by atomic mass is 9.59. The van der Waals surface area contributed by atoms with Crippen molar-refractivity contribution in [3.63, 3.8) is 0 Å². The summed E-state index contributed by atoms with van der Waals surface area (Å²) in [4.78, 5) is 15.4. The molecule has 3 fully saturated rings. The van der Waals surface area contributed by atoms with Gasteiger partial charge in [-0.2, -0.15) is 0 Å². The fourth-order valence-electron chi connectivity index (χ4n) is 6.86. The molecule has 0 bridgehead atoms. The number of nitrogens with zero attached hydrogens (tertiary/aromatic N) is 1. The predicted octanol–water partition coefficient (Wildman–Crippen LogP) is 5.26. The summed E-state index contributed by atoms with van der Waals surface area (Å²) in [6.07, 6.45) is 11.2. The van der Waals surface area contributed by atoms with Crippen molar-refractivity contribution in [2.24, 2.45) is 29.1 Å². The number of allylic oxidation sites excluding steroid dienone is 1. The van der Waals surface area contributed by atoms with Gasteiger partial charge in [0.25, 0.3) is 0 Å². The molecule has 1 saturated carbocycles. The van der Waals surface area contributed by atoms with E-state index in [1.54, 1.807) is 5.57 Å². The third kappa shape index (κ3) is 3.86. The van der Waals surface area contributed by atoms with E-state index in [2.05, 4.69) is 55.2 Å². The second-order valence-electron chi connectivity index (χ2n) is 10.8. The number of carbonyl (C=O) groups is 1. The van der Waals surface area contributed by atoms with Crippen molar-refractivity contribution in [2.45, 2.75) is 64.9 Å². The lowest BCUT2D eigenvalue weighted by Crippen LogP contribution is -2.42. The van der Waals surface area contributed by atoms with E-state index in [-0.39, 0.29) is 23.4 Å². The summed E-state index contributed by atoms with van der Waals surface area (Å²) in [6, 6.07) is 10.9. The molecule has 0 radical (unpaired) electrons. The number of hydrogen-bond donors (Lipinski definition) is 0. The van der Waals surface area contributed by atoms with Crippen molar-refractivity contribution in [1.29, 1.82) is 0 Å². The molecule has 30 heavy (non-hydrogen) atoms. The first-order valence-corrected chi connectivity index (χ1v) is 12.2. The van der Waals surface area contributed by atoms with Crippen molar-refractivity contribution in [1.82, 2.24) is 4.90 Å². The highest BCUT2D eigenvalue weighted by Gasteiger charge is 2.52. The van der Waals surface area contributed by atoms with E-state index >= 15 is 0 Å². The average molecular weight is 408 g/mol. The molecule has 2 heterocycles. The van der Waals surface area contributed by atoms with Gasteiger partial charge < -0.3 is 9.64 Å². The minimum absolute atomic E-state index is 0.0341. The highest BCUT2D eigenvalue weighted by atomic mass is 16.6. The SMILES string of the molecule is C[C@@H]1CCC[C@@]2(C)C[C@H]3OC(=O)[C@@H](CN4CCC(Cc5ccccc5)CC4)[C@@H]3C=C12. The molecule has 3 nitrogen and oxygen atoms in total. The van der Waals surface area contributed by atoms with Gasteiger partial charge in [-0.1, -0.05) is 62.2 Å². The van der Waals surface area contributed by atoms with Crippen molar-refractivity contribution < 1.29 is 9.53 Å². The largest absolute Gasteiger partial charge is 0.461 e. The van der Waals surface area contributed by atoms with Gasteiger partial charge in [0.05, 0.1) is 5.92 Å². The third-order valence-electron chi connectivity index (χ3n) is 8.61. The minimum Gasteiger partial charge on any atom is -0.461 e. The minimum atomic E-state index is 0.0341. The van der Waals surface area contributed by atoms with Gasteiger partial charge in [0.2, 0.25) is 0 Å². The Labute approximate surface area is 181 Å². The van der Waals surface area contributed by atoms with Crippen LogP contribution < -0.4 is 0 Å². The van der Waals surface area contributed by atoms with Gasteiger partial charge in [-0.15, -0.1) is 0 Å². The number of benzene rings is 1. The quantitative estimate of drug-likeness (QED) is 0.504. The summed E-state index contributed by atoms with van der Waals surface area (Å²) in [5.74, 6) is 1.82. The number of esters is 1. The van der Waals surface area contributed by atoms with Crippen LogP contribution in [0.1, 0.15) is 57.9 Å². The monoisotopic (exact) mass is 407 g/mol. The maximum Gasteiger partial charge on any atom is 0.311 e. The van der Waals surface area contributed by atoms with Gasteiger partial charge in [0.1, 0.15) is 6.10 Å². The number of carbonyl (C=O) groups excluding carboxylic acids is 1. The van der Waals surface area contributed by atoms with E-state index in [1.807, 2.05) is 0 Å². The van der Waals surface area contributed by atoms with Gasteiger partial charge in [0, 0.05) is 12.5 Å². The second kappa shape index (κ2) is 8.15. The molecule has 5 atom stereocenters. The Morgan fingerprint density at radius 1 is 1.13 bits per heavy atom. The van der Waals surface area contributed by atoms with Crippen LogP contribution in [0.15, 0.2) is 42.0 Å². The Morgan fingerprint density at radius 3 is 2.67 bits per heavy atom. The molecule has 162 valence electrons. The number of piperidine rings is 1. The van der Waals surface area contributed by atoms with E-state index < -0.39 is 0 Å². The molecule has 2 aliphatic heterocycles. The fourth-order valence-corrected chi connectivity index (χ4v) is 6.86. The van der Waals surface area contributed by atoms with Crippen LogP contribution in [0.4, 0.5) is 0 Å². The Balaban J connectivity index is 1.22. The lowest BCUT2D eigenvalue weighted by molar-refractivity contribution is -0.145. The predicted molar refractivity (Wildman–Crippen MR) is 120 cm³/mol. The Kier molecular flexibility index (Phi) is 5.51. The van der Waals surface area contributed by atoms with Crippen LogP contribution in [0.25, 0.3) is 0 Å². The standard InChI is InChI=1S/C27H37NO2/c1-19-7-6-12-27(2)17-25-22(16-24(19)27)23(26(29)30-25)18-28-13-10-21(11-14-28)15-20-8-4-3-5-9-20/h3-5,8-9,16,19,21-23,25H,6-7,10-15,17-18H2,1-2H3/t19-,22+,23+,25-,27+/m1/s1. The molecule has 0 spiro atoms. The van der Waals surface area contributed by atoms with Crippen molar-refractivity contribution in [3.05, 3.63) is 47.5 Å². The molecule has 0 unspecified atom stereocenters. The molecule has 0 amide bonds. The maximum absolute atomic E-state index is 12.8. The zero-order chi connectivity index (χ0) is 20.7. The molecular formula is C27H37NO2. The number of likely N-dealkylation sites (tertiary alicyclic amines) is 1. The van der Waals surface area contributed by atoms with Gasteiger partial charge in [-0.25, -0.2) is 0 Å². The zero-order valence-electron chi connectivity index (χ0n) is 18.7. The number of ether oxygens (including phenoxy) is 1. The lowest BCUT2D eigenvalue weighted by Gasteiger charge is -2.46. The van der Waals surface area contributed by atoms with Crippen LogP contribution in [-0.4, -0.2) is 36.6 Å². The topological polar surface area (TPSA) is 29.5 Å². The van der Waals surface area contributed by atoms with Gasteiger partial charge >= 0.3 is 5.97 Å². The van der Waals surface area contributed by atoms with Crippen LogP contribution in [0, 0.1) is 29.1 Å². The summed E-state index contributed by atoms with van der Waals surface area (Å²) in [5.41, 5.74) is 3.33. The normalized spacial score (nSPS) is 37.3. The first-order valence-electron chi connectivity index (χ1n) is 12.2. The number of hydrogen-bond acceptors (Lipinski definition) is 3. The van der Waals surface area contributed by atoms with Crippen molar-refractivity contribution in [3.8, 4) is 0 Å². The van der Waals surface area contributed by atoms with Crippen molar-refractivity contribution >= 4 is 5.97 Å². The van der Waals surface area contributed by atoms with E-state index in [4.69, 9.17) is 4.74 Å². The fraction of sp³-hybridized carbons (Fsp3) is 0.667. The first-order chi connectivity index (χ1) is 14.5. The molecule has 0 N–H and O–H groups in total. The van der Waals surface area contributed by atoms with Crippen LogP contribution >= 0.6 is 0 Å². The number of rotatable bonds is 4. The van der Waals surface area contributed by atoms with Crippen LogP contribution in [0.3, 0.4) is 0 Å². The smallest absolute Gasteiger partial charge is 0.311 e. The van der Waals surface area contributed by atoms with Crippen LogP contribution in [0.5, 0.6) is 0 Å². The maximum atomic E-state index is 12.8. The summed E-state index contributed by atoms with van der Waals surface area (Å²) in [6.45, 7) is 7.90. The molecule has 1 aromatic rings. The Bertz CT molecular complexity index is 794. The van der Waals surface area contributed by atoms with Gasteiger partial charge in [-0.3, -0.25) is 4.79 Å². The average Bonchev–Trinajstić information content (AvgIpc) is 3.02. The Morgan fingerprint density at radius 2 is 1.90 bits per heavy atom. The van der Waals surface area contributed by atoms with E-state index in [1.165, 1.54) is 44.1 Å². The third-order valence-corrected chi connectivity index (χ3v) is 8.61. The molecular weight excluding hydrogens is 370 g/mol. The molecule has 1 aromatic carbocycles. The summed E-state index contributed by atoms with van der Waals surface area (Å²) < 4.78 is 5.96. The Hall–Kier alpha value is -1.61. The molecule has 2 saturated heterocycles. The van der Waals surface area contributed by atoms with Crippen molar-refractivity contribution in [2.75, 3.05) is 19.6 Å². The highest BCUT2D eigenvalue weighted by Crippen LogP contribution is 2.54.